The molecule has 172 valence electrons. The normalized spacial score (nSPS) is 25.8. The Morgan fingerprint density at radius 1 is 1.22 bits per heavy atom. The molecule has 4 aliphatic rings. The zero-order chi connectivity index (χ0) is 22.1. The van der Waals surface area contributed by atoms with Gasteiger partial charge in [0.15, 0.2) is 0 Å². The largest absolute Gasteiger partial charge is 0.494 e. The second-order valence-electron chi connectivity index (χ2n) is 9.53. The number of likely N-dealkylation sites (tertiary alicyclic amines) is 1. The van der Waals surface area contributed by atoms with Crippen molar-refractivity contribution in [3.63, 3.8) is 0 Å². The fraction of sp³-hybridized carbons (Fsp3) is 0.625. The number of guanidine groups is 1. The summed E-state index contributed by atoms with van der Waals surface area (Å²) in [7, 11) is 0. The van der Waals surface area contributed by atoms with E-state index in [1.807, 2.05) is 23.1 Å². The Labute approximate surface area is 189 Å². The minimum Gasteiger partial charge on any atom is -0.494 e. The Balaban J connectivity index is 1.16. The van der Waals surface area contributed by atoms with Gasteiger partial charge in [0.1, 0.15) is 12.3 Å². The number of nitrogens with two attached hydrogens (primary N) is 1. The number of nitrogens with one attached hydrogen (secondary N) is 1. The lowest BCUT2D eigenvalue weighted by Crippen LogP contribution is -2.55. The van der Waals surface area contributed by atoms with Crippen molar-refractivity contribution in [3.8, 4) is 5.75 Å². The predicted molar refractivity (Wildman–Crippen MR) is 121 cm³/mol. The van der Waals surface area contributed by atoms with Crippen LogP contribution in [0.25, 0.3) is 0 Å². The SMILES string of the molecule is NC(=O)C(CCCOc1ccc2c(c1)CN1CC(=O)NC1=N2)N1CCCC2CCCCC21. The second-order valence-corrected chi connectivity index (χ2v) is 9.53. The average Bonchev–Trinajstić information content (AvgIpc) is 3.15. The highest BCUT2D eigenvalue weighted by Gasteiger charge is 2.38. The molecule has 3 N–H and O–H groups in total. The predicted octanol–water partition coefficient (Wildman–Crippen LogP) is 2.29. The van der Waals surface area contributed by atoms with Crippen LogP contribution in [0.2, 0.25) is 0 Å². The van der Waals surface area contributed by atoms with Crippen molar-refractivity contribution in [2.24, 2.45) is 16.6 Å². The maximum atomic E-state index is 12.3. The molecule has 1 aromatic carbocycles. The summed E-state index contributed by atoms with van der Waals surface area (Å²) < 4.78 is 6.01. The Kier molecular flexibility index (Phi) is 6.04. The van der Waals surface area contributed by atoms with Crippen molar-refractivity contribution >= 4 is 23.5 Å². The molecule has 1 aliphatic carbocycles. The number of rotatable bonds is 7. The highest BCUT2D eigenvalue weighted by Crippen LogP contribution is 2.37. The van der Waals surface area contributed by atoms with Crippen LogP contribution in [0.3, 0.4) is 0 Å². The molecule has 0 aromatic heterocycles. The summed E-state index contributed by atoms with van der Waals surface area (Å²) in [6, 6.07) is 6.18. The Hall–Kier alpha value is -2.61. The monoisotopic (exact) mass is 439 g/mol. The van der Waals surface area contributed by atoms with Crippen molar-refractivity contribution in [1.82, 2.24) is 15.1 Å². The molecule has 32 heavy (non-hydrogen) atoms. The first-order valence-electron chi connectivity index (χ1n) is 12.0. The number of hydrogen-bond acceptors (Lipinski definition) is 6. The molecule has 1 aromatic rings. The lowest BCUT2D eigenvalue weighted by atomic mass is 9.77. The molecule has 5 rings (SSSR count). The Morgan fingerprint density at radius 2 is 2.06 bits per heavy atom. The third kappa shape index (κ3) is 4.33. The molecule has 3 heterocycles. The van der Waals surface area contributed by atoms with Gasteiger partial charge in [-0.1, -0.05) is 12.8 Å². The van der Waals surface area contributed by atoms with Gasteiger partial charge >= 0.3 is 0 Å². The van der Waals surface area contributed by atoms with Crippen molar-refractivity contribution in [2.75, 3.05) is 19.7 Å². The highest BCUT2D eigenvalue weighted by molar-refractivity contribution is 6.05. The van der Waals surface area contributed by atoms with Gasteiger partial charge in [0.25, 0.3) is 0 Å². The van der Waals surface area contributed by atoms with Crippen LogP contribution >= 0.6 is 0 Å². The van der Waals surface area contributed by atoms with E-state index >= 15 is 0 Å². The molecule has 3 aliphatic heterocycles. The van der Waals surface area contributed by atoms with E-state index in [-0.39, 0.29) is 17.9 Å². The first kappa shape index (κ1) is 21.2. The number of amides is 2. The summed E-state index contributed by atoms with van der Waals surface area (Å²) in [6.07, 6.45) is 9.05. The van der Waals surface area contributed by atoms with Crippen LogP contribution in [0.5, 0.6) is 5.75 Å². The minimum atomic E-state index is -0.201. The van der Waals surface area contributed by atoms with E-state index in [2.05, 4.69) is 15.2 Å². The van der Waals surface area contributed by atoms with Gasteiger partial charge in [0.2, 0.25) is 17.8 Å². The summed E-state index contributed by atoms with van der Waals surface area (Å²) >= 11 is 0. The summed E-state index contributed by atoms with van der Waals surface area (Å²) in [5.41, 5.74) is 7.76. The van der Waals surface area contributed by atoms with Crippen molar-refractivity contribution < 1.29 is 14.3 Å². The van der Waals surface area contributed by atoms with Crippen LogP contribution in [0, 0.1) is 5.92 Å². The van der Waals surface area contributed by atoms with Crippen LogP contribution in [-0.2, 0) is 16.1 Å². The molecule has 8 nitrogen and oxygen atoms in total. The Morgan fingerprint density at radius 3 is 2.94 bits per heavy atom. The number of piperidine rings is 1. The topological polar surface area (TPSA) is 100 Å². The smallest absolute Gasteiger partial charge is 0.246 e. The lowest BCUT2D eigenvalue weighted by Gasteiger charge is -2.46. The summed E-state index contributed by atoms with van der Waals surface area (Å²) in [6.45, 7) is 2.52. The van der Waals surface area contributed by atoms with Gasteiger partial charge in [0.05, 0.1) is 18.3 Å². The van der Waals surface area contributed by atoms with Gasteiger partial charge in [-0.05, 0) is 69.2 Å². The zero-order valence-corrected chi connectivity index (χ0v) is 18.6. The van der Waals surface area contributed by atoms with E-state index in [1.165, 1.54) is 38.5 Å². The number of aliphatic imine (C=N–C) groups is 1. The average molecular weight is 440 g/mol. The molecule has 1 saturated carbocycles. The van der Waals surface area contributed by atoms with Crippen LogP contribution in [0.4, 0.5) is 5.69 Å². The molecule has 8 heteroatoms. The number of nitrogens with zero attached hydrogens (tertiary/aromatic N) is 3. The Bertz CT molecular complexity index is 915. The summed E-state index contributed by atoms with van der Waals surface area (Å²) in [5, 5.41) is 2.78. The van der Waals surface area contributed by atoms with E-state index < -0.39 is 0 Å². The van der Waals surface area contributed by atoms with Crippen molar-refractivity contribution in [3.05, 3.63) is 23.8 Å². The van der Waals surface area contributed by atoms with Gasteiger partial charge < -0.3 is 15.4 Å². The van der Waals surface area contributed by atoms with Crippen LogP contribution in [0.15, 0.2) is 23.2 Å². The van der Waals surface area contributed by atoms with Crippen LogP contribution in [-0.4, -0.2) is 59.4 Å². The maximum Gasteiger partial charge on any atom is 0.246 e. The van der Waals surface area contributed by atoms with Gasteiger partial charge in [-0.2, -0.15) is 0 Å². The van der Waals surface area contributed by atoms with Crippen molar-refractivity contribution in [1.29, 1.82) is 0 Å². The van der Waals surface area contributed by atoms with E-state index in [1.54, 1.807) is 0 Å². The number of hydrogen-bond donors (Lipinski definition) is 2. The van der Waals surface area contributed by atoms with Crippen LogP contribution < -0.4 is 15.8 Å². The summed E-state index contributed by atoms with van der Waals surface area (Å²) in [5.74, 6) is 1.93. The first-order chi connectivity index (χ1) is 15.6. The van der Waals surface area contributed by atoms with Gasteiger partial charge in [-0.15, -0.1) is 0 Å². The third-order valence-electron chi connectivity index (χ3n) is 7.43. The van der Waals surface area contributed by atoms with Crippen LogP contribution in [0.1, 0.15) is 56.9 Å². The zero-order valence-electron chi connectivity index (χ0n) is 18.6. The van der Waals surface area contributed by atoms with E-state index in [4.69, 9.17) is 10.5 Å². The summed E-state index contributed by atoms with van der Waals surface area (Å²) in [4.78, 5) is 32.8. The number of fused-ring (bicyclic) bond motifs is 3. The number of carbonyl (C=O) groups excluding carboxylic acids is 2. The quantitative estimate of drug-likeness (QED) is 0.635. The third-order valence-corrected chi connectivity index (χ3v) is 7.43. The standard InChI is InChI=1S/C24H33N5O3/c25-23(31)21(29-11-3-6-16-5-1-2-7-20(16)29)8-4-12-32-18-9-10-19-17(13-18)14-28-15-22(30)27-24(28)26-19/h9-10,13,16,20-21H,1-8,11-12,14-15H2,(H2,25,31)(H,26,27,30). The number of benzene rings is 1. The molecule has 0 spiro atoms. The molecule has 3 atom stereocenters. The second kappa shape index (κ2) is 9.10. The first-order valence-corrected chi connectivity index (χ1v) is 12.0. The minimum absolute atomic E-state index is 0.0229. The maximum absolute atomic E-state index is 12.3. The fourth-order valence-electron chi connectivity index (χ4n) is 5.92. The van der Waals surface area contributed by atoms with E-state index in [9.17, 15) is 9.59 Å². The number of carbonyl (C=O) groups is 2. The molecule has 3 unspecified atom stereocenters. The molecule has 0 bridgehead atoms. The number of primary amides is 1. The van der Waals surface area contributed by atoms with E-state index in [0.29, 0.717) is 31.7 Å². The van der Waals surface area contributed by atoms with E-state index in [0.717, 1.165) is 42.3 Å². The number of ether oxygens (including phenoxy) is 1. The molecular weight excluding hydrogens is 406 g/mol. The van der Waals surface area contributed by atoms with Gasteiger partial charge in [0, 0.05) is 18.2 Å². The fourth-order valence-corrected chi connectivity index (χ4v) is 5.92. The molecular formula is C24H33N5O3. The van der Waals surface area contributed by atoms with Gasteiger partial charge in [-0.25, -0.2) is 4.99 Å². The molecule has 2 amide bonds. The molecule has 3 fully saturated rings. The lowest BCUT2D eigenvalue weighted by molar-refractivity contribution is -0.126. The van der Waals surface area contributed by atoms with Gasteiger partial charge in [-0.3, -0.25) is 19.8 Å². The molecule has 2 saturated heterocycles. The molecule has 0 radical (unpaired) electrons. The highest BCUT2D eigenvalue weighted by atomic mass is 16.5. The van der Waals surface area contributed by atoms with Crippen molar-refractivity contribution in [2.45, 2.75) is 70.0 Å².